The van der Waals surface area contributed by atoms with E-state index in [1.807, 2.05) is 43.3 Å². The molecule has 1 aliphatic rings. The van der Waals surface area contributed by atoms with Crippen LogP contribution in [0.4, 0.5) is 11.4 Å². The summed E-state index contributed by atoms with van der Waals surface area (Å²) >= 11 is 2.17. The number of carbonyl (C=O) groups is 1. The average molecular weight is 532 g/mol. The lowest BCUT2D eigenvalue weighted by atomic mass is 10.0. The van der Waals surface area contributed by atoms with E-state index in [4.69, 9.17) is 0 Å². The Hall–Kier alpha value is -2.39. The molecule has 1 amide bonds. The van der Waals surface area contributed by atoms with Crippen LogP contribution < -0.4 is 9.62 Å². The van der Waals surface area contributed by atoms with Crippen molar-refractivity contribution in [1.82, 2.24) is 0 Å². The van der Waals surface area contributed by atoms with Gasteiger partial charge >= 0.3 is 0 Å². The number of amides is 1. The molecular formula is C23H21IN2O3S. The van der Waals surface area contributed by atoms with E-state index in [-0.39, 0.29) is 10.8 Å². The molecule has 0 saturated carbocycles. The first kappa shape index (κ1) is 20.9. The number of hydrogen-bond donors (Lipinski definition) is 1. The quantitative estimate of drug-likeness (QED) is 0.482. The molecule has 0 fully saturated rings. The summed E-state index contributed by atoms with van der Waals surface area (Å²) in [5, 5.41) is 0. The Labute approximate surface area is 190 Å². The van der Waals surface area contributed by atoms with Gasteiger partial charge in [-0.25, -0.2) is 8.42 Å². The molecular weight excluding hydrogens is 511 g/mol. The summed E-state index contributed by atoms with van der Waals surface area (Å²) in [7, 11) is -3.71. The Bertz CT molecular complexity index is 1190. The van der Waals surface area contributed by atoms with E-state index in [1.54, 1.807) is 35.2 Å². The highest BCUT2D eigenvalue weighted by molar-refractivity contribution is 14.1. The molecule has 5 nitrogen and oxygen atoms in total. The van der Waals surface area contributed by atoms with Crippen molar-refractivity contribution in [3.8, 4) is 0 Å². The molecule has 0 spiro atoms. The van der Waals surface area contributed by atoms with Crippen LogP contribution in [0.2, 0.25) is 0 Å². The number of anilines is 2. The summed E-state index contributed by atoms with van der Waals surface area (Å²) < 4.78 is 29.3. The average Bonchev–Trinajstić information content (AvgIpc) is 2.74. The van der Waals surface area contributed by atoms with Gasteiger partial charge in [0.15, 0.2) is 0 Å². The number of nitrogens with zero attached hydrogens (tertiary/aromatic N) is 1. The largest absolute Gasteiger partial charge is 0.308 e. The fourth-order valence-electron chi connectivity index (χ4n) is 3.54. The summed E-state index contributed by atoms with van der Waals surface area (Å²) in [5.41, 5.74) is 3.89. The highest BCUT2D eigenvalue weighted by atomic mass is 127. The molecule has 154 valence electrons. The monoisotopic (exact) mass is 532 g/mol. The predicted molar refractivity (Wildman–Crippen MR) is 128 cm³/mol. The lowest BCUT2D eigenvalue weighted by Gasteiger charge is -2.30. The SMILES string of the molecule is Cc1ccc(C(=O)N2CCCc3cc(S(=O)(=O)Nc4ccc(I)cc4)ccc32)cc1. The van der Waals surface area contributed by atoms with Crippen molar-refractivity contribution < 1.29 is 13.2 Å². The highest BCUT2D eigenvalue weighted by Gasteiger charge is 2.25. The van der Waals surface area contributed by atoms with Gasteiger partial charge in [-0.15, -0.1) is 0 Å². The number of carbonyl (C=O) groups excluding carboxylic acids is 1. The number of rotatable bonds is 4. The van der Waals surface area contributed by atoms with Crippen molar-refractivity contribution in [3.63, 3.8) is 0 Å². The van der Waals surface area contributed by atoms with E-state index in [2.05, 4.69) is 27.3 Å². The zero-order valence-corrected chi connectivity index (χ0v) is 19.4. The molecule has 0 saturated heterocycles. The van der Waals surface area contributed by atoms with E-state index >= 15 is 0 Å². The lowest BCUT2D eigenvalue weighted by molar-refractivity contribution is 0.0985. The van der Waals surface area contributed by atoms with Crippen LogP contribution in [0.15, 0.2) is 71.6 Å². The highest BCUT2D eigenvalue weighted by Crippen LogP contribution is 2.31. The second kappa shape index (κ2) is 8.39. The van der Waals surface area contributed by atoms with E-state index in [1.165, 1.54) is 0 Å². The molecule has 3 aromatic rings. The molecule has 7 heteroatoms. The third-order valence-corrected chi connectivity index (χ3v) is 7.22. The van der Waals surface area contributed by atoms with Crippen LogP contribution >= 0.6 is 22.6 Å². The molecule has 1 heterocycles. The van der Waals surface area contributed by atoms with Crippen LogP contribution in [0.1, 0.15) is 27.9 Å². The number of nitrogens with one attached hydrogen (secondary N) is 1. The Balaban J connectivity index is 1.62. The van der Waals surface area contributed by atoms with Gasteiger partial charge in [0.1, 0.15) is 0 Å². The van der Waals surface area contributed by atoms with Gasteiger partial charge in [-0.05, 0) is 103 Å². The molecule has 0 aromatic heterocycles. The summed E-state index contributed by atoms with van der Waals surface area (Å²) in [6.07, 6.45) is 1.53. The predicted octanol–water partition coefficient (Wildman–Crippen LogP) is 4.99. The first-order chi connectivity index (χ1) is 14.3. The molecule has 0 aliphatic carbocycles. The molecule has 1 aliphatic heterocycles. The van der Waals surface area contributed by atoms with E-state index in [0.29, 0.717) is 17.8 Å². The van der Waals surface area contributed by atoms with Gasteiger partial charge in [0.05, 0.1) is 4.90 Å². The minimum Gasteiger partial charge on any atom is -0.308 e. The molecule has 1 N–H and O–H groups in total. The standard InChI is InChI=1S/C23H21IN2O3S/c1-16-4-6-17(7-5-16)23(27)26-14-2-3-18-15-21(12-13-22(18)26)30(28,29)25-20-10-8-19(24)9-11-20/h4-13,15,25H,2-3,14H2,1H3. The number of sulfonamides is 1. The van der Waals surface area contributed by atoms with Gasteiger partial charge in [0.25, 0.3) is 15.9 Å². The summed E-state index contributed by atoms with van der Waals surface area (Å²) in [6.45, 7) is 2.60. The Kier molecular flexibility index (Phi) is 5.84. The van der Waals surface area contributed by atoms with Gasteiger partial charge < -0.3 is 4.90 Å². The molecule has 3 aromatic carbocycles. The van der Waals surface area contributed by atoms with Gasteiger partial charge in [-0.2, -0.15) is 0 Å². The summed E-state index contributed by atoms with van der Waals surface area (Å²) in [4.78, 5) is 15.0. The molecule has 30 heavy (non-hydrogen) atoms. The zero-order chi connectivity index (χ0) is 21.3. The van der Waals surface area contributed by atoms with Crippen LogP contribution in [0, 0.1) is 10.5 Å². The number of hydrogen-bond acceptors (Lipinski definition) is 3. The van der Waals surface area contributed by atoms with Crippen molar-refractivity contribution >= 4 is 49.9 Å². The fraction of sp³-hybridized carbons (Fsp3) is 0.174. The van der Waals surface area contributed by atoms with Crippen molar-refractivity contribution in [2.45, 2.75) is 24.7 Å². The third-order valence-electron chi connectivity index (χ3n) is 5.12. The van der Waals surface area contributed by atoms with Crippen LogP contribution in [0.3, 0.4) is 0 Å². The van der Waals surface area contributed by atoms with Crippen LogP contribution in [0.5, 0.6) is 0 Å². The molecule has 0 atom stereocenters. The van der Waals surface area contributed by atoms with Gasteiger partial charge in [0, 0.05) is 27.1 Å². The van der Waals surface area contributed by atoms with E-state index in [9.17, 15) is 13.2 Å². The fourth-order valence-corrected chi connectivity index (χ4v) is 5.00. The van der Waals surface area contributed by atoms with Crippen molar-refractivity contribution in [3.05, 3.63) is 87.0 Å². The van der Waals surface area contributed by atoms with Gasteiger partial charge in [0.2, 0.25) is 0 Å². The number of fused-ring (bicyclic) bond motifs is 1. The second-order valence-electron chi connectivity index (χ2n) is 7.33. The molecule has 4 rings (SSSR count). The molecule has 0 unspecified atom stereocenters. The van der Waals surface area contributed by atoms with E-state index < -0.39 is 10.0 Å². The number of halogens is 1. The second-order valence-corrected chi connectivity index (χ2v) is 10.3. The normalized spacial score (nSPS) is 13.6. The van der Waals surface area contributed by atoms with Gasteiger partial charge in [-0.3, -0.25) is 9.52 Å². The smallest absolute Gasteiger partial charge is 0.261 e. The Morgan fingerprint density at radius 3 is 2.40 bits per heavy atom. The molecule has 0 radical (unpaired) electrons. The minimum atomic E-state index is -3.71. The van der Waals surface area contributed by atoms with Crippen LogP contribution in [-0.4, -0.2) is 20.9 Å². The minimum absolute atomic E-state index is 0.0661. The Morgan fingerprint density at radius 2 is 1.70 bits per heavy atom. The topological polar surface area (TPSA) is 66.5 Å². The molecule has 0 bridgehead atoms. The third kappa shape index (κ3) is 4.37. The van der Waals surface area contributed by atoms with Crippen LogP contribution in [-0.2, 0) is 16.4 Å². The van der Waals surface area contributed by atoms with Gasteiger partial charge in [-0.1, -0.05) is 17.7 Å². The maximum atomic E-state index is 13.0. The lowest BCUT2D eigenvalue weighted by Crippen LogP contribution is -2.35. The van der Waals surface area contributed by atoms with Crippen LogP contribution in [0.25, 0.3) is 0 Å². The Morgan fingerprint density at radius 1 is 1.00 bits per heavy atom. The number of benzene rings is 3. The van der Waals surface area contributed by atoms with Crippen molar-refractivity contribution in [1.29, 1.82) is 0 Å². The maximum Gasteiger partial charge on any atom is 0.261 e. The summed E-state index contributed by atoms with van der Waals surface area (Å²) in [5.74, 6) is -0.0661. The number of aryl methyl sites for hydroxylation is 2. The first-order valence-electron chi connectivity index (χ1n) is 9.63. The van der Waals surface area contributed by atoms with Crippen molar-refractivity contribution in [2.75, 3.05) is 16.2 Å². The summed E-state index contributed by atoms with van der Waals surface area (Å²) in [6, 6.07) is 19.6. The zero-order valence-electron chi connectivity index (χ0n) is 16.4. The maximum absolute atomic E-state index is 13.0. The first-order valence-corrected chi connectivity index (χ1v) is 12.2. The van der Waals surface area contributed by atoms with Crippen molar-refractivity contribution in [2.24, 2.45) is 0 Å². The van der Waals surface area contributed by atoms with E-state index in [0.717, 1.165) is 33.2 Å².